The molecule has 15 nitrogen and oxygen atoms in total. The van der Waals surface area contributed by atoms with Crippen LogP contribution in [0.25, 0.3) is 33.3 Å². The van der Waals surface area contributed by atoms with E-state index >= 15 is 0 Å². The van der Waals surface area contributed by atoms with Gasteiger partial charge in [0.2, 0.25) is 6.29 Å². The van der Waals surface area contributed by atoms with Crippen molar-refractivity contribution in [1.29, 1.82) is 0 Å². The average molecular weight is 634 g/mol. The summed E-state index contributed by atoms with van der Waals surface area (Å²) in [4.78, 5) is 10.3. The second-order valence-electron chi connectivity index (χ2n) is 11.2. The Morgan fingerprint density at radius 2 is 1.42 bits per heavy atom. The van der Waals surface area contributed by atoms with Crippen LogP contribution in [0.5, 0.6) is 17.2 Å². The quantitative estimate of drug-likeness (QED) is 0.0995. The normalized spacial score (nSPS) is 32.3. The van der Waals surface area contributed by atoms with Crippen LogP contribution in [0.1, 0.15) is 12.7 Å². The monoisotopic (exact) mass is 633 g/mol. The highest BCUT2D eigenvalue weighted by Crippen LogP contribution is 2.44. The van der Waals surface area contributed by atoms with Crippen LogP contribution in [-0.4, -0.2) is 114 Å². The summed E-state index contributed by atoms with van der Waals surface area (Å²) in [7, 11) is 0. The zero-order valence-corrected chi connectivity index (χ0v) is 23.9. The molecule has 2 aliphatic heterocycles. The van der Waals surface area contributed by atoms with Crippen molar-refractivity contribution in [2.24, 2.45) is 0 Å². The molecule has 242 valence electrons. The van der Waals surface area contributed by atoms with Crippen molar-refractivity contribution in [1.82, 2.24) is 0 Å². The van der Waals surface area contributed by atoms with Gasteiger partial charge in [-0.25, -0.2) is 0 Å². The number of rotatable bonds is 6. The molecule has 0 saturated carbocycles. The highest BCUT2D eigenvalue weighted by molar-refractivity contribution is 6.09. The van der Waals surface area contributed by atoms with Crippen LogP contribution in [0.3, 0.4) is 0 Å². The van der Waals surface area contributed by atoms with Crippen molar-refractivity contribution in [3.63, 3.8) is 0 Å². The van der Waals surface area contributed by atoms with Crippen LogP contribution in [0, 0.1) is 6.92 Å². The molecule has 2 aromatic heterocycles. The van der Waals surface area contributed by atoms with Gasteiger partial charge in [-0.05, 0) is 38.1 Å². The smallest absolute Gasteiger partial charge is 0.347 e. The number of aryl methyl sites for hydroxylation is 1. The van der Waals surface area contributed by atoms with Gasteiger partial charge in [0.1, 0.15) is 59.7 Å². The third kappa shape index (κ3) is 5.63. The number of ether oxygens (including phenoxy) is 4. The van der Waals surface area contributed by atoms with Crippen LogP contribution >= 0.6 is 0 Å². The third-order valence-electron chi connectivity index (χ3n) is 7.97. The first-order chi connectivity index (χ1) is 21.3. The standard InChI is InChI=1S/C30H32O15/c1-10-5-14-20-17(41-10)7-13(31)8-18(20)43-27(12-3-4-15(32)16(33)6-12)28(14)45-30-26(39)24(37)22(35)19(44-30)9-40-29-25(38)23(36)21(34)11(2)42-29/h3-8,11,19,21-26,29-30,32-39H,9H2,1-2H3/p+1. The molecule has 9 N–H and O–H groups in total. The summed E-state index contributed by atoms with van der Waals surface area (Å²) in [5.41, 5.74) is 0.445. The van der Waals surface area contributed by atoms with E-state index in [1.54, 1.807) is 13.0 Å². The molecule has 0 bridgehead atoms. The maximum atomic E-state index is 10.9. The highest BCUT2D eigenvalue weighted by atomic mass is 16.7. The van der Waals surface area contributed by atoms with E-state index in [-0.39, 0.29) is 33.7 Å². The lowest BCUT2D eigenvalue weighted by atomic mass is 9.98. The molecule has 4 heterocycles. The summed E-state index contributed by atoms with van der Waals surface area (Å²) in [6, 6.07) is 8.15. The Kier molecular flexibility index (Phi) is 8.23. The van der Waals surface area contributed by atoms with Gasteiger partial charge in [-0.1, -0.05) is 0 Å². The van der Waals surface area contributed by atoms with Gasteiger partial charge in [0.15, 0.2) is 29.3 Å². The van der Waals surface area contributed by atoms with Crippen molar-refractivity contribution >= 4 is 21.9 Å². The lowest BCUT2D eigenvalue weighted by Crippen LogP contribution is -2.61. The van der Waals surface area contributed by atoms with Gasteiger partial charge in [-0.2, -0.15) is 0 Å². The SMILES string of the molecule is Cc1cc2c(OC3OC(COC4OC(C)C(O)C(O)C4O)C(O)C(O)C3O)c(-c3ccc(O)c(O)c3)oc3cc(=[OH+])cc(o1)c32. The minimum atomic E-state index is -1.81. The molecule has 2 saturated heterocycles. The molecule has 0 aliphatic carbocycles. The number of hydrogen-bond acceptors (Lipinski definition) is 14. The molecule has 45 heavy (non-hydrogen) atoms. The molecule has 10 unspecified atom stereocenters. The Labute approximate surface area is 253 Å². The number of benzene rings is 2. The van der Waals surface area contributed by atoms with Gasteiger partial charge in [0.05, 0.1) is 30.2 Å². The Hall–Kier alpha value is -3.77. The van der Waals surface area contributed by atoms with E-state index in [9.17, 15) is 45.6 Å². The van der Waals surface area contributed by atoms with Crippen LogP contribution in [-0.2, 0) is 14.2 Å². The zero-order valence-electron chi connectivity index (χ0n) is 23.9. The predicted molar refractivity (Wildman–Crippen MR) is 150 cm³/mol. The first kappa shape index (κ1) is 31.2. The molecule has 0 spiro atoms. The molecule has 0 radical (unpaired) electrons. The van der Waals surface area contributed by atoms with Crippen molar-refractivity contribution in [3.8, 4) is 28.6 Å². The molecule has 10 atom stereocenters. The number of phenolic OH excluding ortho intramolecular Hbond substituents is 2. The van der Waals surface area contributed by atoms with Crippen LogP contribution in [0.4, 0.5) is 0 Å². The molecular weight excluding hydrogens is 600 g/mol. The number of aromatic hydroxyl groups is 2. The first-order valence-electron chi connectivity index (χ1n) is 14.1. The minimum absolute atomic E-state index is 0.0280. The third-order valence-corrected chi connectivity index (χ3v) is 7.97. The van der Waals surface area contributed by atoms with E-state index in [2.05, 4.69) is 0 Å². The van der Waals surface area contributed by atoms with Gasteiger partial charge in [0.25, 0.3) is 0 Å². The van der Waals surface area contributed by atoms with Crippen molar-refractivity contribution in [2.45, 2.75) is 75.3 Å². The van der Waals surface area contributed by atoms with Crippen molar-refractivity contribution in [3.05, 3.63) is 47.6 Å². The van der Waals surface area contributed by atoms with Gasteiger partial charge < -0.3 is 68.6 Å². The predicted octanol–water partition coefficient (Wildman–Crippen LogP) is -0.399. The topological polar surface area (TPSA) is 246 Å². The Morgan fingerprint density at radius 1 is 0.756 bits per heavy atom. The van der Waals surface area contributed by atoms with Gasteiger partial charge in [-0.3, -0.25) is 4.79 Å². The van der Waals surface area contributed by atoms with E-state index in [1.807, 2.05) is 0 Å². The maximum Gasteiger partial charge on any atom is 0.347 e. The molecule has 6 rings (SSSR count). The second kappa shape index (κ2) is 11.9. The molecule has 2 fully saturated rings. The summed E-state index contributed by atoms with van der Waals surface area (Å²) < 4.78 is 34.9. The van der Waals surface area contributed by atoms with Crippen molar-refractivity contribution in [2.75, 3.05) is 6.61 Å². The molecule has 4 aromatic rings. The Balaban J connectivity index is 1.38. The van der Waals surface area contributed by atoms with Gasteiger partial charge in [-0.15, -0.1) is 0 Å². The summed E-state index contributed by atoms with van der Waals surface area (Å²) in [5, 5.41) is 83.5. The van der Waals surface area contributed by atoms with Crippen LogP contribution < -0.4 is 10.2 Å². The highest BCUT2D eigenvalue weighted by Gasteiger charge is 2.47. The molecule has 2 aromatic carbocycles. The number of phenols is 2. The Bertz CT molecular complexity index is 1760. The summed E-state index contributed by atoms with van der Waals surface area (Å²) >= 11 is 0. The molecule has 15 heteroatoms. The van der Waals surface area contributed by atoms with Crippen LogP contribution in [0.2, 0.25) is 0 Å². The lowest BCUT2D eigenvalue weighted by molar-refractivity contribution is -0.318. The van der Waals surface area contributed by atoms with E-state index in [1.165, 1.54) is 37.3 Å². The Morgan fingerprint density at radius 3 is 2.13 bits per heavy atom. The van der Waals surface area contributed by atoms with E-state index < -0.39 is 79.5 Å². The second-order valence-corrected chi connectivity index (χ2v) is 11.2. The maximum absolute atomic E-state index is 10.9. The fourth-order valence-electron chi connectivity index (χ4n) is 5.52. The zero-order chi connectivity index (χ0) is 32.3. The summed E-state index contributed by atoms with van der Waals surface area (Å²) in [6.45, 7) is 2.61. The molecule has 2 aliphatic rings. The number of aliphatic hydroxyl groups is 6. The molecular formula is C30H33O15+. The summed E-state index contributed by atoms with van der Waals surface area (Å²) in [5.74, 6) is -0.560. The number of aliphatic hydroxyl groups excluding tert-OH is 6. The van der Waals surface area contributed by atoms with E-state index in [0.29, 0.717) is 16.5 Å². The van der Waals surface area contributed by atoms with E-state index in [0.717, 1.165) is 0 Å². The number of hydrogen-bond donors (Lipinski definition) is 8. The van der Waals surface area contributed by atoms with Crippen LogP contribution in [0.15, 0.2) is 45.2 Å². The van der Waals surface area contributed by atoms with Crippen molar-refractivity contribution < 1.29 is 73.4 Å². The van der Waals surface area contributed by atoms with Gasteiger partial charge >= 0.3 is 5.43 Å². The molecule has 0 amide bonds. The largest absolute Gasteiger partial charge is 0.504 e. The van der Waals surface area contributed by atoms with E-state index in [4.69, 9.17) is 27.8 Å². The lowest BCUT2D eigenvalue weighted by Gasteiger charge is -2.42. The fraction of sp³-hybridized carbons (Fsp3) is 0.433. The summed E-state index contributed by atoms with van der Waals surface area (Å²) in [6.07, 6.45) is -15.2. The average Bonchev–Trinajstić information content (AvgIpc) is 2.99. The fourth-order valence-corrected chi connectivity index (χ4v) is 5.52. The van der Waals surface area contributed by atoms with Gasteiger partial charge in [0, 0.05) is 10.9 Å². The first-order valence-corrected chi connectivity index (χ1v) is 14.1. The minimum Gasteiger partial charge on any atom is -0.504 e.